The molecule has 0 aromatic carbocycles. The van der Waals surface area contributed by atoms with Gasteiger partial charge in [-0.05, 0) is 39.0 Å². The Bertz CT molecular complexity index is 224. The predicted molar refractivity (Wildman–Crippen MR) is 69.9 cm³/mol. The Morgan fingerprint density at radius 2 is 1.94 bits per heavy atom. The first-order valence-corrected chi connectivity index (χ1v) is 7.11. The molecule has 2 atom stereocenters. The average molecular weight is 241 g/mol. The van der Waals surface area contributed by atoms with Gasteiger partial charge in [0.1, 0.15) is 6.04 Å². The summed E-state index contributed by atoms with van der Waals surface area (Å²) < 4.78 is 5.20. The van der Waals surface area contributed by atoms with Crippen molar-refractivity contribution in [2.45, 2.75) is 71.4 Å². The number of nitrogens with one attached hydrogen (secondary N) is 1. The van der Waals surface area contributed by atoms with Crippen LogP contribution in [0.25, 0.3) is 0 Å². The van der Waals surface area contributed by atoms with Crippen LogP contribution in [0.1, 0.15) is 59.3 Å². The minimum Gasteiger partial charge on any atom is -0.465 e. The first kappa shape index (κ1) is 14.5. The zero-order valence-corrected chi connectivity index (χ0v) is 11.5. The van der Waals surface area contributed by atoms with Crippen LogP contribution in [0.15, 0.2) is 0 Å². The zero-order chi connectivity index (χ0) is 12.7. The monoisotopic (exact) mass is 241 g/mol. The molecule has 17 heavy (non-hydrogen) atoms. The first-order chi connectivity index (χ1) is 8.19. The van der Waals surface area contributed by atoms with Gasteiger partial charge in [-0.2, -0.15) is 0 Å². The van der Waals surface area contributed by atoms with Gasteiger partial charge in [-0.25, -0.2) is 0 Å². The standard InChI is InChI=1S/C14H27NO2/c1-4-11(3)15-13(14(16)17-5-2)12-9-7-6-8-10-12/h11-13,15H,4-10H2,1-3H3. The van der Waals surface area contributed by atoms with Crippen molar-refractivity contribution >= 4 is 5.97 Å². The van der Waals surface area contributed by atoms with Crippen LogP contribution in [-0.2, 0) is 9.53 Å². The van der Waals surface area contributed by atoms with Crippen LogP contribution < -0.4 is 5.32 Å². The lowest BCUT2D eigenvalue weighted by molar-refractivity contribution is -0.147. The third-order valence-corrected chi connectivity index (χ3v) is 3.74. The van der Waals surface area contributed by atoms with Crippen molar-refractivity contribution in [3.63, 3.8) is 0 Å². The minimum atomic E-state index is -0.0924. The SMILES string of the molecule is CCOC(=O)C(NC(C)CC)C1CCCCC1. The van der Waals surface area contributed by atoms with Crippen LogP contribution >= 0.6 is 0 Å². The summed E-state index contributed by atoms with van der Waals surface area (Å²) in [7, 11) is 0. The van der Waals surface area contributed by atoms with Crippen molar-refractivity contribution < 1.29 is 9.53 Å². The van der Waals surface area contributed by atoms with E-state index in [1.165, 1.54) is 19.3 Å². The molecule has 0 aromatic heterocycles. The molecule has 1 aliphatic rings. The molecule has 0 spiro atoms. The molecule has 0 amide bonds. The van der Waals surface area contributed by atoms with E-state index in [1.54, 1.807) is 0 Å². The van der Waals surface area contributed by atoms with Crippen molar-refractivity contribution in [1.29, 1.82) is 0 Å². The summed E-state index contributed by atoms with van der Waals surface area (Å²) in [4.78, 5) is 12.0. The molecular formula is C14H27NO2. The lowest BCUT2D eigenvalue weighted by Crippen LogP contribution is -2.48. The van der Waals surface area contributed by atoms with Crippen LogP contribution in [0.2, 0.25) is 0 Å². The fourth-order valence-electron chi connectivity index (χ4n) is 2.52. The summed E-state index contributed by atoms with van der Waals surface area (Å²) in [5, 5.41) is 3.45. The van der Waals surface area contributed by atoms with E-state index in [0.717, 1.165) is 19.3 Å². The van der Waals surface area contributed by atoms with E-state index in [1.807, 2.05) is 6.92 Å². The normalized spacial score (nSPS) is 20.9. The molecule has 0 radical (unpaired) electrons. The van der Waals surface area contributed by atoms with Crippen molar-refractivity contribution in [3.05, 3.63) is 0 Å². The molecule has 0 bridgehead atoms. The van der Waals surface area contributed by atoms with E-state index in [2.05, 4.69) is 19.2 Å². The van der Waals surface area contributed by atoms with E-state index < -0.39 is 0 Å². The maximum Gasteiger partial charge on any atom is 0.323 e. The Labute approximate surface area is 105 Å². The zero-order valence-electron chi connectivity index (χ0n) is 11.5. The summed E-state index contributed by atoms with van der Waals surface area (Å²) in [6.07, 6.45) is 7.18. The smallest absolute Gasteiger partial charge is 0.323 e. The maximum absolute atomic E-state index is 12.0. The molecule has 1 saturated carbocycles. The first-order valence-electron chi connectivity index (χ1n) is 7.11. The van der Waals surface area contributed by atoms with E-state index in [0.29, 0.717) is 18.6 Å². The molecule has 1 rings (SSSR count). The van der Waals surface area contributed by atoms with Crippen molar-refractivity contribution in [3.8, 4) is 0 Å². The molecule has 1 N–H and O–H groups in total. The van der Waals surface area contributed by atoms with Gasteiger partial charge in [-0.15, -0.1) is 0 Å². The fourth-order valence-corrected chi connectivity index (χ4v) is 2.52. The van der Waals surface area contributed by atoms with E-state index in [4.69, 9.17) is 4.74 Å². The van der Waals surface area contributed by atoms with Crippen LogP contribution in [0, 0.1) is 5.92 Å². The van der Waals surface area contributed by atoms with Gasteiger partial charge in [0.15, 0.2) is 0 Å². The van der Waals surface area contributed by atoms with Gasteiger partial charge < -0.3 is 10.1 Å². The molecule has 0 aliphatic heterocycles. The highest BCUT2D eigenvalue weighted by Gasteiger charge is 2.31. The summed E-state index contributed by atoms with van der Waals surface area (Å²) in [5.41, 5.74) is 0. The lowest BCUT2D eigenvalue weighted by Gasteiger charge is -2.31. The van der Waals surface area contributed by atoms with Crippen molar-refractivity contribution in [2.75, 3.05) is 6.61 Å². The minimum absolute atomic E-state index is 0.0558. The largest absolute Gasteiger partial charge is 0.465 e. The van der Waals surface area contributed by atoms with Crippen LogP contribution in [0.4, 0.5) is 0 Å². The Balaban J connectivity index is 2.59. The molecule has 3 nitrogen and oxygen atoms in total. The van der Waals surface area contributed by atoms with Crippen LogP contribution in [0.5, 0.6) is 0 Å². The van der Waals surface area contributed by atoms with E-state index in [9.17, 15) is 4.79 Å². The molecule has 3 heteroatoms. The van der Waals surface area contributed by atoms with Crippen LogP contribution in [-0.4, -0.2) is 24.7 Å². The highest BCUT2D eigenvalue weighted by Crippen LogP contribution is 2.27. The summed E-state index contributed by atoms with van der Waals surface area (Å²) in [5.74, 6) is 0.413. The molecule has 0 aromatic rings. The van der Waals surface area contributed by atoms with Crippen molar-refractivity contribution in [1.82, 2.24) is 5.32 Å². The Kier molecular flexibility index (Phi) is 6.56. The number of hydrogen-bond donors (Lipinski definition) is 1. The number of rotatable bonds is 6. The van der Waals surface area contributed by atoms with Gasteiger partial charge in [-0.3, -0.25) is 4.79 Å². The fraction of sp³-hybridized carbons (Fsp3) is 0.929. The number of hydrogen-bond acceptors (Lipinski definition) is 3. The topological polar surface area (TPSA) is 38.3 Å². The molecule has 0 saturated heterocycles. The van der Waals surface area contributed by atoms with Gasteiger partial charge in [0.2, 0.25) is 0 Å². The molecular weight excluding hydrogens is 214 g/mol. The molecule has 1 aliphatic carbocycles. The summed E-state index contributed by atoms with van der Waals surface area (Å²) >= 11 is 0. The highest BCUT2D eigenvalue weighted by molar-refractivity contribution is 5.76. The average Bonchev–Trinajstić information content (AvgIpc) is 2.36. The molecule has 100 valence electrons. The second kappa shape index (κ2) is 7.70. The molecule has 1 fully saturated rings. The maximum atomic E-state index is 12.0. The Morgan fingerprint density at radius 3 is 2.47 bits per heavy atom. The second-order valence-electron chi connectivity index (χ2n) is 5.10. The summed E-state index contributed by atoms with van der Waals surface area (Å²) in [6.45, 7) is 6.62. The van der Waals surface area contributed by atoms with Crippen LogP contribution in [0.3, 0.4) is 0 Å². The van der Waals surface area contributed by atoms with Gasteiger partial charge in [-0.1, -0.05) is 26.2 Å². The van der Waals surface area contributed by atoms with E-state index in [-0.39, 0.29) is 12.0 Å². The second-order valence-corrected chi connectivity index (χ2v) is 5.10. The number of carbonyl (C=O) groups is 1. The number of carbonyl (C=O) groups excluding carboxylic acids is 1. The predicted octanol–water partition coefficient (Wildman–Crippen LogP) is 2.89. The van der Waals surface area contributed by atoms with Gasteiger partial charge >= 0.3 is 5.97 Å². The molecule has 2 unspecified atom stereocenters. The lowest BCUT2D eigenvalue weighted by atomic mass is 9.83. The quantitative estimate of drug-likeness (QED) is 0.727. The highest BCUT2D eigenvalue weighted by atomic mass is 16.5. The van der Waals surface area contributed by atoms with Gasteiger partial charge in [0, 0.05) is 6.04 Å². The van der Waals surface area contributed by atoms with E-state index >= 15 is 0 Å². The number of ether oxygens (including phenoxy) is 1. The third kappa shape index (κ3) is 4.66. The molecule has 0 heterocycles. The summed E-state index contributed by atoms with van der Waals surface area (Å²) in [6, 6.07) is 0.288. The Morgan fingerprint density at radius 1 is 1.29 bits per heavy atom. The van der Waals surface area contributed by atoms with Crippen molar-refractivity contribution in [2.24, 2.45) is 5.92 Å². The number of esters is 1. The third-order valence-electron chi connectivity index (χ3n) is 3.74. The van der Waals surface area contributed by atoms with Gasteiger partial charge in [0.25, 0.3) is 0 Å². The van der Waals surface area contributed by atoms with Gasteiger partial charge in [0.05, 0.1) is 6.61 Å². The Hall–Kier alpha value is -0.570.